The first-order chi connectivity index (χ1) is 10.3. The fourth-order valence-electron chi connectivity index (χ4n) is 2.57. The minimum absolute atomic E-state index is 0.580. The fourth-order valence-corrected chi connectivity index (χ4v) is 2.57. The van der Waals surface area contributed by atoms with Gasteiger partial charge in [-0.1, -0.05) is 5.16 Å². The normalized spacial score (nSPS) is 17.9. The Kier molecular flexibility index (Phi) is 4.06. The Bertz CT molecular complexity index is 606. The summed E-state index contributed by atoms with van der Waals surface area (Å²) in [7, 11) is 3.22. The van der Waals surface area contributed by atoms with E-state index in [1.165, 1.54) is 0 Å². The van der Waals surface area contributed by atoms with Crippen molar-refractivity contribution in [2.75, 3.05) is 27.3 Å². The van der Waals surface area contributed by atoms with Crippen LogP contribution in [0.25, 0.3) is 11.4 Å². The molecular weight excluding hydrogens is 270 g/mol. The average molecular weight is 289 g/mol. The molecule has 0 aliphatic carbocycles. The van der Waals surface area contributed by atoms with Gasteiger partial charge < -0.3 is 19.3 Å². The van der Waals surface area contributed by atoms with Crippen LogP contribution in [-0.4, -0.2) is 37.4 Å². The summed E-state index contributed by atoms with van der Waals surface area (Å²) >= 11 is 0. The number of benzene rings is 1. The van der Waals surface area contributed by atoms with Crippen LogP contribution in [0.3, 0.4) is 0 Å². The van der Waals surface area contributed by atoms with E-state index in [1.54, 1.807) is 14.2 Å². The molecule has 21 heavy (non-hydrogen) atoms. The molecule has 1 N–H and O–H groups in total. The molecule has 0 radical (unpaired) electrons. The molecule has 112 valence electrons. The monoisotopic (exact) mass is 289 g/mol. The lowest BCUT2D eigenvalue weighted by atomic mass is 10.1. The van der Waals surface area contributed by atoms with Gasteiger partial charge in [0.1, 0.15) is 0 Å². The number of methoxy groups -OCH3 is 2. The van der Waals surface area contributed by atoms with Crippen LogP contribution in [0.2, 0.25) is 0 Å². The van der Waals surface area contributed by atoms with Gasteiger partial charge in [0.15, 0.2) is 11.5 Å². The molecule has 1 aromatic carbocycles. The number of rotatable bonds is 5. The Morgan fingerprint density at radius 2 is 2.14 bits per heavy atom. The summed E-state index contributed by atoms with van der Waals surface area (Å²) in [5.74, 6) is 3.19. The zero-order chi connectivity index (χ0) is 14.7. The Morgan fingerprint density at radius 1 is 1.29 bits per heavy atom. The Hall–Kier alpha value is -2.08. The number of aromatic nitrogens is 2. The van der Waals surface area contributed by atoms with E-state index < -0.39 is 0 Å². The van der Waals surface area contributed by atoms with Crippen molar-refractivity contribution in [3.05, 3.63) is 24.1 Å². The van der Waals surface area contributed by atoms with Crippen LogP contribution in [0.4, 0.5) is 0 Å². The van der Waals surface area contributed by atoms with Crippen LogP contribution in [0.5, 0.6) is 11.5 Å². The van der Waals surface area contributed by atoms with Gasteiger partial charge in [-0.15, -0.1) is 0 Å². The first-order valence-electron chi connectivity index (χ1n) is 7.06. The first kappa shape index (κ1) is 13.9. The van der Waals surface area contributed by atoms with E-state index in [1.807, 2.05) is 18.2 Å². The quantitative estimate of drug-likeness (QED) is 0.906. The first-order valence-corrected chi connectivity index (χ1v) is 7.06. The van der Waals surface area contributed by atoms with Gasteiger partial charge in [0.05, 0.1) is 14.2 Å². The maximum Gasteiger partial charge on any atom is 0.227 e. The Labute approximate surface area is 123 Å². The topological polar surface area (TPSA) is 69.4 Å². The van der Waals surface area contributed by atoms with E-state index in [-0.39, 0.29) is 0 Å². The number of hydrogen-bond donors (Lipinski definition) is 1. The largest absolute Gasteiger partial charge is 0.493 e. The summed E-state index contributed by atoms with van der Waals surface area (Å²) in [6.45, 7) is 2.09. The fraction of sp³-hybridized carbons (Fsp3) is 0.467. The summed E-state index contributed by atoms with van der Waals surface area (Å²) < 4.78 is 15.9. The van der Waals surface area contributed by atoms with E-state index in [4.69, 9.17) is 14.0 Å². The third-order valence-corrected chi connectivity index (χ3v) is 3.74. The smallest absolute Gasteiger partial charge is 0.227 e. The van der Waals surface area contributed by atoms with Gasteiger partial charge in [-0.25, -0.2) is 0 Å². The van der Waals surface area contributed by atoms with E-state index in [2.05, 4.69) is 15.5 Å². The van der Waals surface area contributed by atoms with Crippen LogP contribution < -0.4 is 14.8 Å². The molecule has 1 atom stereocenters. The summed E-state index contributed by atoms with van der Waals surface area (Å²) in [6, 6.07) is 5.59. The van der Waals surface area contributed by atoms with Crippen molar-refractivity contribution in [1.82, 2.24) is 15.5 Å². The van der Waals surface area contributed by atoms with Crippen LogP contribution in [-0.2, 0) is 6.42 Å². The van der Waals surface area contributed by atoms with Gasteiger partial charge in [0, 0.05) is 12.0 Å². The molecule has 1 aliphatic heterocycles. The molecule has 0 saturated carbocycles. The molecule has 0 bridgehead atoms. The van der Waals surface area contributed by atoms with Gasteiger partial charge >= 0.3 is 0 Å². The minimum Gasteiger partial charge on any atom is -0.493 e. The predicted octanol–water partition coefficient (Wildman–Crippen LogP) is 1.91. The zero-order valence-electron chi connectivity index (χ0n) is 12.3. The number of nitrogens with one attached hydrogen (secondary N) is 1. The number of nitrogens with zero attached hydrogens (tertiary/aromatic N) is 2. The van der Waals surface area contributed by atoms with Crippen molar-refractivity contribution in [2.24, 2.45) is 5.92 Å². The van der Waals surface area contributed by atoms with Crippen molar-refractivity contribution < 1.29 is 14.0 Å². The minimum atomic E-state index is 0.580. The molecule has 1 saturated heterocycles. The molecule has 0 spiro atoms. The molecule has 6 heteroatoms. The van der Waals surface area contributed by atoms with E-state index >= 15 is 0 Å². The zero-order valence-corrected chi connectivity index (χ0v) is 12.3. The highest BCUT2D eigenvalue weighted by Crippen LogP contribution is 2.31. The highest BCUT2D eigenvalue weighted by Gasteiger charge is 2.19. The molecule has 0 amide bonds. The second-order valence-corrected chi connectivity index (χ2v) is 5.14. The van der Waals surface area contributed by atoms with Crippen molar-refractivity contribution in [2.45, 2.75) is 12.8 Å². The summed E-state index contributed by atoms with van der Waals surface area (Å²) in [4.78, 5) is 4.47. The second-order valence-electron chi connectivity index (χ2n) is 5.14. The lowest BCUT2D eigenvalue weighted by Crippen LogP contribution is -2.10. The standard InChI is InChI=1S/C15H19N3O3/c1-19-12-4-3-11(8-13(12)20-2)15-17-14(21-18-15)7-10-5-6-16-9-10/h3-4,8,10,16H,5-7,9H2,1-2H3. The van der Waals surface area contributed by atoms with Crippen LogP contribution >= 0.6 is 0 Å². The average Bonchev–Trinajstić information content (AvgIpc) is 3.19. The van der Waals surface area contributed by atoms with Gasteiger partial charge in [0.25, 0.3) is 0 Å². The van der Waals surface area contributed by atoms with Crippen molar-refractivity contribution >= 4 is 0 Å². The molecule has 2 heterocycles. The molecule has 1 fully saturated rings. The third kappa shape index (κ3) is 3.00. The van der Waals surface area contributed by atoms with Gasteiger partial charge in [-0.2, -0.15) is 4.98 Å². The van der Waals surface area contributed by atoms with Crippen molar-refractivity contribution in [3.8, 4) is 22.9 Å². The highest BCUT2D eigenvalue weighted by molar-refractivity contribution is 5.60. The van der Waals surface area contributed by atoms with Gasteiger partial charge in [0.2, 0.25) is 11.7 Å². The summed E-state index contributed by atoms with van der Waals surface area (Å²) in [6.07, 6.45) is 1.99. The Balaban J connectivity index is 1.78. The van der Waals surface area contributed by atoms with E-state index in [0.717, 1.165) is 31.5 Å². The van der Waals surface area contributed by atoms with Crippen LogP contribution in [0.15, 0.2) is 22.7 Å². The van der Waals surface area contributed by atoms with E-state index in [9.17, 15) is 0 Å². The number of ether oxygens (including phenoxy) is 2. The molecule has 3 rings (SSSR count). The maximum absolute atomic E-state index is 5.35. The number of hydrogen-bond acceptors (Lipinski definition) is 6. The van der Waals surface area contributed by atoms with Crippen LogP contribution in [0, 0.1) is 5.92 Å². The summed E-state index contributed by atoms with van der Waals surface area (Å²) in [5.41, 5.74) is 0.854. The molecule has 1 aromatic heterocycles. The predicted molar refractivity (Wildman–Crippen MR) is 77.5 cm³/mol. The molecule has 2 aromatic rings. The van der Waals surface area contributed by atoms with Crippen molar-refractivity contribution in [3.63, 3.8) is 0 Å². The second kappa shape index (κ2) is 6.13. The van der Waals surface area contributed by atoms with Gasteiger partial charge in [-0.05, 0) is 43.6 Å². The van der Waals surface area contributed by atoms with E-state index in [0.29, 0.717) is 29.1 Å². The molecule has 6 nitrogen and oxygen atoms in total. The van der Waals surface area contributed by atoms with Crippen molar-refractivity contribution in [1.29, 1.82) is 0 Å². The van der Waals surface area contributed by atoms with Crippen LogP contribution in [0.1, 0.15) is 12.3 Å². The Morgan fingerprint density at radius 3 is 2.86 bits per heavy atom. The molecule has 1 aliphatic rings. The molecular formula is C15H19N3O3. The third-order valence-electron chi connectivity index (χ3n) is 3.74. The lowest BCUT2D eigenvalue weighted by Gasteiger charge is -2.07. The summed E-state index contributed by atoms with van der Waals surface area (Å²) in [5, 5.41) is 7.40. The van der Waals surface area contributed by atoms with Gasteiger partial charge in [-0.3, -0.25) is 0 Å². The lowest BCUT2D eigenvalue weighted by molar-refractivity contribution is 0.354. The molecule has 1 unspecified atom stereocenters. The highest BCUT2D eigenvalue weighted by atomic mass is 16.5. The SMILES string of the molecule is COc1ccc(-c2noc(CC3CCNC3)n2)cc1OC. The maximum atomic E-state index is 5.35.